The summed E-state index contributed by atoms with van der Waals surface area (Å²) >= 11 is 3.52. The molecule has 1 N–H and O–H groups in total. The lowest BCUT2D eigenvalue weighted by Gasteiger charge is -2.23. The van der Waals surface area contributed by atoms with E-state index in [1.54, 1.807) is 6.07 Å². The van der Waals surface area contributed by atoms with Gasteiger partial charge in [0, 0.05) is 22.1 Å². The van der Waals surface area contributed by atoms with Crippen molar-refractivity contribution >= 4 is 27.8 Å². The lowest BCUT2D eigenvalue weighted by molar-refractivity contribution is -0.137. The van der Waals surface area contributed by atoms with Crippen molar-refractivity contribution in [1.29, 1.82) is 0 Å². The second-order valence-corrected chi connectivity index (χ2v) is 10.2. The SMILES string of the molecule is CC(C)Oc1ccccc1-c1ccc(C(=O)N(CC(=O)O)Cc2ccccc2Br)c(Cc2ccccc2)c1. The van der Waals surface area contributed by atoms with Gasteiger partial charge < -0.3 is 14.7 Å². The van der Waals surface area contributed by atoms with E-state index in [0.717, 1.165) is 38.0 Å². The van der Waals surface area contributed by atoms with E-state index in [-0.39, 0.29) is 18.6 Å². The minimum absolute atomic E-state index is 0.0164. The molecule has 4 rings (SSSR count). The molecule has 0 saturated carbocycles. The molecule has 0 atom stereocenters. The standard InChI is InChI=1S/C32H30BrNO4/c1-22(2)38-30-15-9-7-13-27(30)24-16-17-28(26(19-24)18-23-10-4-3-5-11-23)32(37)34(21-31(35)36)20-25-12-6-8-14-29(25)33/h3-17,19,22H,18,20-21H2,1-2H3,(H,35,36). The summed E-state index contributed by atoms with van der Waals surface area (Å²) in [5, 5.41) is 9.61. The maximum atomic E-state index is 13.9. The first-order valence-corrected chi connectivity index (χ1v) is 13.3. The maximum absolute atomic E-state index is 13.9. The van der Waals surface area contributed by atoms with Crippen molar-refractivity contribution < 1.29 is 19.4 Å². The number of hydrogen-bond donors (Lipinski definition) is 1. The molecule has 0 aliphatic carbocycles. The van der Waals surface area contributed by atoms with Crippen molar-refractivity contribution in [2.45, 2.75) is 32.9 Å². The molecule has 1 amide bonds. The largest absolute Gasteiger partial charge is 0.490 e. The molecule has 0 aliphatic rings. The smallest absolute Gasteiger partial charge is 0.323 e. The fourth-order valence-electron chi connectivity index (χ4n) is 4.36. The molecule has 0 bridgehead atoms. The van der Waals surface area contributed by atoms with Gasteiger partial charge in [-0.05, 0) is 66.8 Å². The van der Waals surface area contributed by atoms with Gasteiger partial charge in [-0.2, -0.15) is 0 Å². The highest BCUT2D eigenvalue weighted by Gasteiger charge is 2.23. The van der Waals surface area contributed by atoms with E-state index in [4.69, 9.17) is 4.74 Å². The third-order valence-corrected chi connectivity index (χ3v) is 6.84. The Morgan fingerprint density at radius 3 is 2.26 bits per heavy atom. The Balaban J connectivity index is 1.77. The first kappa shape index (κ1) is 27.1. The van der Waals surface area contributed by atoms with Crippen molar-refractivity contribution in [2.75, 3.05) is 6.54 Å². The van der Waals surface area contributed by atoms with Crippen LogP contribution in [0.1, 0.15) is 40.9 Å². The number of ether oxygens (including phenoxy) is 1. The van der Waals surface area contributed by atoms with Crippen LogP contribution >= 0.6 is 15.9 Å². The third kappa shape index (κ3) is 6.90. The topological polar surface area (TPSA) is 66.8 Å². The molecular weight excluding hydrogens is 542 g/mol. The molecule has 0 heterocycles. The molecule has 0 aliphatic heterocycles. The van der Waals surface area contributed by atoms with Gasteiger partial charge in [0.2, 0.25) is 0 Å². The molecule has 0 spiro atoms. The van der Waals surface area contributed by atoms with E-state index >= 15 is 0 Å². The lowest BCUT2D eigenvalue weighted by atomic mass is 9.93. The van der Waals surface area contributed by atoms with Crippen LogP contribution in [0.3, 0.4) is 0 Å². The average Bonchev–Trinajstić information content (AvgIpc) is 2.89. The molecule has 5 nitrogen and oxygen atoms in total. The molecule has 194 valence electrons. The van der Waals surface area contributed by atoms with Crippen LogP contribution < -0.4 is 4.74 Å². The number of carboxylic acids is 1. The van der Waals surface area contributed by atoms with Gasteiger partial charge in [0.25, 0.3) is 5.91 Å². The van der Waals surface area contributed by atoms with Crippen LogP contribution in [0, 0.1) is 0 Å². The zero-order valence-corrected chi connectivity index (χ0v) is 23.0. The Kier molecular flexibility index (Phi) is 8.98. The molecule has 0 aromatic heterocycles. The first-order chi connectivity index (χ1) is 18.3. The van der Waals surface area contributed by atoms with Crippen molar-refractivity contribution in [3.05, 3.63) is 124 Å². The van der Waals surface area contributed by atoms with Crippen LogP contribution in [-0.2, 0) is 17.8 Å². The van der Waals surface area contributed by atoms with Gasteiger partial charge >= 0.3 is 5.97 Å². The number of nitrogens with zero attached hydrogens (tertiary/aromatic N) is 1. The molecule has 4 aromatic carbocycles. The predicted molar refractivity (Wildman–Crippen MR) is 153 cm³/mol. The van der Waals surface area contributed by atoms with E-state index in [9.17, 15) is 14.7 Å². The Bertz CT molecular complexity index is 1420. The quantitative estimate of drug-likeness (QED) is 0.218. The summed E-state index contributed by atoms with van der Waals surface area (Å²) in [6, 6.07) is 31.0. The van der Waals surface area contributed by atoms with E-state index in [0.29, 0.717) is 12.0 Å². The van der Waals surface area contributed by atoms with Crippen LogP contribution in [-0.4, -0.2) is 34.5 Å². The number of para-hydroxylation sites is 1. The monoisotopic (exact) mass is 571 g/mol. The highest BCUT2D eigenvalue weighted by Crippen LogP contribution is 2.33. The van der Waals surface area contributed by atoms with Gasteiger partial charge in [0.05, 0.1) is 6.10 Å². The zero-order chi connectivity index (χ0) is 27.1. The molecule has 0 unspecified atom stereocenters. The second kappa shape index (κ2) is 12.6. The fraction of sp³-hybridized carbons (Fsp3) is 0.188. The molecule has 0 fully saturated rings. The summed E-state index contributed by atoms with van der Waals surface area (Å²) in [7, 11) is 0. The lowest BCUT2D eigenvalue weighted by Crippen LogP contribution is -2.35. The average molecular weight is 572 g/mol. The van der Waals surface area contributed by atoms with E-state index in [1.807, 2.05) is 105 Å². The van der Waals surface area contributed by atoms with Crippen molar-refractivity contribution in [2.24, 2.45) is 0 Å². The number of hydrogen-bond acceptors (Lipinski definition) is 3. The molecule has 6 heteroatoms. The van der Waals surface area contributed by atoms with Gasteiger partial charge in [0.1, 0.15) is 12.3 Å². The van der Waals surface area contributed by atoms with Crippen LogP contribution in [0.2, 0.25) is 0 Å². The molecule has 0 saturated heterocycles. The van der Waals surface area contributed by atoms with Gasteiger partial charge in [-0.1, -0.05) is 88.7 Å². The third-order valence-electron chi connectivity index (χ3n) is 6.07. The van der Waals surface area contributed by atoms with E-state index in [1.165, 1.54) is 4.90 Å². The van der Waals surface area contributed by atoms with Gasteiger partial charge in [-0.3, -0.25) is 9.59 Å². The fourth-order valence-corrected chi connectivity index (χ4v) is 4.77. The summed E-state index contributed by atoms with van der Waals surface area (Å²) in [5.41, 5.74) is 5.06. The Hall–Kier alpha value is -3.90. The minimum Gasteiger partial charge on any atom is -0.490 e. The van der Waals surface area contributed by atoms with Crippen molar-refractivity contribution in [3.63, 3.8) is 0 Å². The number of carboxylic acid groups (broad SMARTS) is 1. The van der Waals surface area contributed by atoms with Crippen LogP contribution in [0.5, 0.6) is 5.75 Å². The van der Waals surface area contributed by atoms with Crippen molar-refractivity contribution in [1.82, 2.24) is 4.90 Å². The Labute approximate surface area is 231 Å². The molecule has 0 radical (unpaired) electrons. The number of rotatable bonds is 10. The number of benzene rings is 4. The predicted octanol–water partition coefficient (Wildman–Crippen LogP) is 7.22. The number of aliphatic carboxylic acids is 1. The highest BCUT2D eigenvalue weighted by molar-refractivity contribution is 9.10. The molecule has 38 heavy (non-hydrogen) atoms. The number of amides is 1. The summed E-state index contributed by atoms with van der Waals surface area (Å²) in [5.74, 6) is -0.618. The normalized spacial score (nSPS) is 10.8. The molecular formula is C32H30BrNO4. The highest BCUT2D eigenvalue weighted by atomic mass is 79.9. The van der Waals surface area contributed by atoms with Gasteiger partial charge in [-0.15, -0.1) is 0 Å². The zero-order valence-electron chi connectivity index (χ0n) is 21.4. The summed E-state index contributed by atoms with van der Waals surface area (Å²) < 4.78 is 6.87. The molecule has 4 aromatic rings. The number of carbonyl (C=O) groups excluding carboxylic acids is 1. The summed E-state index contributed by atoms with van der Waals surface area (Å²) in [6.45, 7) is 3.74. The number of halogens is 1. The summed E-state index contributed by atoms with van der Waals surface area (Å²) in [4.78, 5) is 27.0. The van der Waals surface area contributed by atoms with Crippen LogP contribution in [0.25, 0.3) is 11.1 Å². The second-order valence-electron chi connectivity index (χ2n) is 9.34. The summed E-state index contributed by atoms with van der Waals surface area (Å²) in [6.07, 6.45) is 0.543. The van der Waals surface area contributed by atoms with Crippen molar-refractivity contribution in [3.8, 4) is 16.9 Å². The van der Waals surface area contributed by atoms with E-state index in [2.05, 4.69) is 15.9 Å². The minimum atomic E-state index is -1.06. The van der Waals surface area contributed by atoms with Crippen LogP contribution in [0.15, 0.2) is 102 Å². The number of carbonyl (C=O) groups is 2. The Morgan fingerprint density at radius 1 is 0.868 bits per heavy atom. The van der Waals surface area contributed by atoms with Gasteiger partial charge in [0.15, 0.2) is 0 Å². The van der Waals surface area contributed by atoms with Crippen LogP contribution in [0.4, 0.5) is 0 Å². The first-order valence-electron chi connectivity index (χ1n) is 12.5. The van der Waals surface area contributed by atoms with Gasteiger partial charge in [-0.25, -0.2) is 0 Å². The Morgan fingerprint density at radius 2 is 1.55 bits per heavy atom. The van der Waals surface area contributed by atoms with E-state index < -0.39 is 12.5 Å². The maximum Gasteiger partial charge on any atom is 0.323 e.